The number of benzene rings is 1. The van der Waals surface area contributed by atoms with Crippen molar-refractivity contribution in [2.24, 2.45) is 0 Å². The second kappa shape index (κ2) is 6.82. The van der Waals surface area contributed by atoms with Gasteiger partial charge in [-0.2, -0.15) is 5.10 Å². The van der Waals surface area contributed by atoms with Crippen molar-refractivity contribution < 1.29 is 8.42 Å². The van der Waals surface area contributed by atoms with Crippen molar-refractivity contribution in [1.29, 1.82) is 0 Å². The maximum absolute atomic E-state index is 12.2. The molecule has 3 rings (SSSR count). The van der Waals surface area contributed by atoms with Crippen LogP contribution in [0.2, 0.25) is 5.02 Å². The molecule has 1 unspecified atom stereocenters. The van der Waals surface area contributed by atoms with Crippen molar-refractivity contribution in [3.05, 3.63) is 52.7 Å². The fraction of sp³-hybridized carbons (Fsp3) is 0.333. The summed E-state index contributed by atoms with van der Waals surface area (Å²) < 4.78 is 26.8. The molecule has 23 heavy (non-hydrogen) atoms. The van der Waals surface area contributed by atoms with Crippen LogP contribution in [0.25, 0.3) is 0 Å². The molecule has 2 N–H and O–H groups in total. The summed E-state index contributed by atoms with van der Waals surface area (Å²) in [6.07, 6.45) is 2.13. The lowest BCUT2D eigenvalue weighted by Gasteiger charge is -2.10. The summed E-state index contributed by atoms with van der Waals surface area (Å²) in [6, 6.07) is 10.4. The van der Waals surface area contributed by atoms with E-state index in [9.17, 15) is 8.42 Å². The van der Waals surface area contributed by atoms with Crippen LogP contribution < -0.4 is 10.0 Å². The molecule has 0 amide bonds. The molecular formula is C15H17ClN4O2S. The van der Waals surface area contributed by atoms with Gasteiger partial charge in [-0.25, -0.2) is 8.42 Å². The van der Waals surface area contributed by atoms with Gasteiger partial charge in [0.25, 0.3) is 0 Å². The van der Waals surface area contributed by atoms with Gasteiger partial charge in [0, 0.05) is 5.02 Å². The molecule has 2 aromatic rings. The smallest absolute Gasteiger partial charge is 0.238 e. The third-order valence-electron chi connectivity index (χ3n) is 3.61. The normalized spacial score (nSPS) is 18.0. The molecule has 1 fully saturated rings. The Morgan fingerprint density at radius 2 is 2.13 bits per heavy atom. The summed E-state index contributed by atoms with van der Waals surface area (Å²) in [5.41, 5.74) is 1.45. The van der Waals surface area contributed by atoms with Gasteiger partial charge in [0.1, 0.15) is 0 Å². The predicted octanol–water partition coefficient (Wildman–Crippen LogP) is 2.50. The van der Waals surface area contributed by atoms with Crippen molar-refractivity contribution >= 4 is 27.4 Å². The Balaban J connectivity index is 1.67. The largest absolute Gasteiger partial charge is 0.309 e. The summed E-state index contributed by atoms with van der Waals surface area (Å²) in [5.74, 6) is 0.0510. The van der Waals surface area contributed by atoms with E-state index in [1.54, 1.807) is 36.4 Å². The van der Waals surface area contributed by atoms with E-state index in [0.717, 1.165) is 25.1 Å². The molecule has 1 aromatic carbocycles. The molecule has 0 radical (unpaired) electrons. The van der Waals surface area contributed by atoms with E-state index in [1.165, 1.54) is 0 Å². The van der Waals surface area contributed by atoms with Gasteiger partial charge in [-0.15, -0.1) is 5.10 Å². The van der Waals surface area contributed by atoms with Crippen LogP contribution in [0, 0.1) is 0 Å². The molecule has 0 saturated carbocycles. The minimum atomic E-state index is -3.56. The third kappa shape index (κ3) is 4.40. The molecule has 1 aromatic heterocycles. The fourth-order valence-electron chi connectivity index (χ4n) is 2.56. The van der Waals surface area contributed by atoms with Crippen LogP contribution in [-0.2, 0) is 15.8 Å². The number of sulfonamides is 1. The lowest BCUT2D eigenvalue weighted by molar-refractivity contribution is 0.599. The van der Waals surface area contributed by atoms with Gasteiger partial charge >= 0.3 is 0 Å². The number of hydrogen-bond acceptors (Lipinski definition) is 5. The van der Waals surface area contributed by atoms with Gasteiger partial charge in [0.05, 0.1) is 17.5 Å². The highest BCUT2D eigenvalue weighted by Gasteiger charge is 2.18. The zero-order chi connectivity index (χ0) is 16.3. The Hall–Kier alpha value is -1.70. The first-order chi connectivity index (χ1) is 11.0. The Kier molecular flexibility index (Phi) is 4.79. The lowest BCUT2D eigenvalue weighted by Crippen LogP contribution is -2.18. The Morgan fingerprint density at radius 1 is 1.26 bits per heavy atom. The number of nitrogens with one attached hydrogen (secondary N) is 2. The predicted molar refractivity (Wildman–Crippen MR) is 89.7 cm³/mol. The molecule has 0 aliphatic carbocycles. The number of halogens is 1. The summed E-state index contributed by atoms with van der Waals surface area (Å²) in [7, 11) is -3.56. The Labute approximate surface area is 140 Å². The quantitative estimate of drug-likeness (QED) is 0.863. The minimum Gasteiger partial charge on any atom is -0.309 e. The maximum atomic E-state index is 12.2. The van der Waals surface area contributed by atoms with Crippen LogP contribution in [0.4, 0.5) is 5.82 Å². The van der Waals surface area contributed by atoms with E-state index in [4.69, 9.17) is 11.6 Å². The number of aromatic nitrogens is 2. The summed E-state index contributed by atoms with van der Waals surface area (Å²) in [5, 5.41) is 11.9. The number of nitrogens with zero attached hydrogens (tertiary/aromatic N) is 2. The molecule has 1 atom stereocenters. The van der Waals surface area contributed by atoms with E-state index >= 15 is 0 Å². The van der Waals surface area contributed by atoms with Crippen molar-refractivity contribution in [3.63, 3.8) is 0 Å². The molecule has 2 heterocycles. The molecule has 0 spiro atoms. The van der Waals surface area contributed by atoms with Gasteiger partial charge < -0.3 is 5.32 Å². The van der Waals surface area contributed by atoms with Crippen LogP contribution in [0.5, 0.6) is 0 Å². The molecule has 1 aliphatic rings. The van der Waals surface area contributed by atoms with Crippen molar-refractivity contribution in [2.45, 2.75) is 24.6 Å². The topological polar surface area (TPSA) is 84.0 Å². The summed E-state index contributed by atoms with van der Waals surface area (Å²) in [4.78, 5) is 0. The van der Waals surface area contributed by atoms with E-state index in [-0.39, 0.29) is 17.6 Å². The Bertz CT molecular complexity index is 774. The average Bonchev–Trinajstić information content (AvgIpc) is 3.01. The minimum absolute atomic E-state index is 0.166. The van der Waals surface area contributed by atoms with Crippen molar-refractivity contribution in [1.82, 2.24) is 15.5 Å². The molecule has 1 aliphatic heterocycles. The SMILES string of the molecule is O=S(=O)(Cc1cccc(Cl)c1)Nc1ccc(C2CCCN2)nn1. The zero-order valence-electron chi connectivity index (χ0n) is 12.4. The van der Waals surface area contributed by atoms with Crippen LogP contribution >= 0.6 is 11.6 Å². The first-order valence-corrected chi connectivity index (χ1v) is 9.37. The highest BCUT2D eigenvalue weighted by Crippen LogP contribution is 2.21. The van der Waals surface area contributed by atoms with Gasteiger partial charge in [0.2, 0.25) is 10.0 Å². The zero-order valence-corrected chi connectivity index (χ0v) is 13.9. The van der Waals surface area contributed by atoms with Gasteiger partial charge in [-0.1, -0.05) is 23.7 Å². The molecule has 122 valence electrons. The van der Waals surface area contributed by atoms with Crippen molar-refractivity contribution in [3.8, 4) is 0 Å². The lowest BCUT2D eigenvalue weighted by atomic mass is 10.1. The van der Waals surface area contributed by atoms with E-state index < -0.39 is 10.0 Å². The molecule has 1 saturated heterocycles. The summed E-state index contributed by atoms with van der Waals surface area (Å²) >= 11 is 5.87. The second-order valence-corrected chi connectivity index (χ2v) is 7.64. The van der Waals surface area contributed by atoms with Gasteiger partial charge in [-0.05, 0) is 49.2 Å². The van der Waals surface area contributed by atoms with Crippen LogP contribution in [-0.4, -0.2) is 25.2 Å². The fourth-order valence-corrected chi connectivity index (χ4v) is 3.89. The van der Waals surface area contributed by atoms with E-state index in [1.807, 2.05) is 0 Å². The highest BCUT2D eigenvalue weighted by atomic mass is 35.5. The van der Waals surface area contributed by atoms with Gasteiger partial charge in [-0.3, -0.25) is 4.72 Å². The Morgan fingerprint density at radius 3 is 2.78 bits per heavy atom. The number of anilines is 1. The van der Waals surface area contributed by atoms with Gasteiger partial charge in [0.15, 0.2) is 5.82 Å². The number of hydrogen-bond donors (Lipinski definition) is 2. The standard InChI is InChI=1S/C15H17ClN4O2S/c16-12-4-1-3-11(9-12)10-23(21,22)20-15-7-6-14(18-19-15)13-5-2-8-17-13/h1,3-4,6-7,9,13,17H,2,5,8,10H2,(H,19,20). The third-order valence-corrected chi connectivity index (χ3v) is 5.08. The number of rotatable bonds is 5. The molecule has 8 heteroatoms. The maximum Gasteiger partial charge on any atom is 0.238 e. The first kappa shape index (κ1) is 16.2. The van der Waals surface area contributed by atoms with Crippen LogP contribution in [0.15, 0.2) is 36.4 Å². The highest BCUT2D eigenvalue weighted by molar-refractivity contribution is 7.91. The monoisotopic (exact) mass is 352 g/mol. The molecular weight excluding hydrogens is 336 g/mol. The van der Waals surface area contributed by atoms with E-state index in [2.05, 4.69) is 20.2 Å². The second-order valence-electron chi connectivity index (χ2n) is 5.48. The molecule has 0 bridgehead atoms. The van der Waals surface area contributed by atoms with Crippen LogP contribution in [0.3, 0.4) is 0 Å². The van der Waals surface area contributed by atoms with Crippen LogP contribution in [0.1, 0.15) is 30.1 Å². The van der Waals surface area contributed by atoms with Crippen molar-refractivity contribution in [2.75, 3.05) is 11.3 Å². The first-order valence-electron chi connectivity index (χ1n) is 7.34. The van der Waals surface area contributed by atoms with E-state index in [0.29, 0.717) is 10.6 Å². The molecule has 6 nitrogen and oxygen atoms in total. The summed E-state index contributed by atoms with van der Waals surface area (Å²) in [6.45, 7) is 0.973. The average molecular weight is 353 g/mol.